The van der Waals surface area contributed by atoms with Crippen LogP contribution in [0.3, 0.4) is 0 Å². The smallest absolute Gasteiger partial charge is 0.122 e. The molecule has 3 nitrogen and oxygen atoms in total. The summed E-state index contributed by atoms with van der Waals surface area (Å²) in [6, 6.07) is 0. The van der Waals surface area contributed by atoms with Crippen molar-refractivity contribution in [3.63, 3.8) is 0 Å². The van der Waals surface area contributed by atoms with E-state index in [0.717, 1.165) is 54.4 Å². The molecular formula is C27H46O3. The van der Waals surface area contributed by atoms with E-state index in [1.807, 2.05) is 0 Å². The average Bonchev–Trinajstić information content (AvgIpc) is 3.05. The molecule has 0 amide bonds. The second-order valence-corrected chi connectivity index (χ2v) is 12.3. The van der Waals surface area contributed by atoms with Gasteiger partial charge in [-0.1, -0.05) is 60.0 Å². The van der Waals surface area contributed by atoms with Crippen molar-refractivity contribution in [1.82, 2.24) is 0 Å². The monoisotopic (exact) mass is 418 g/mol. The van der Waals surface area contributed by atoms with Gasteiger partial charge in [0.15, 0.2) is 0 Å². The molecule has 0 aromatic heterocycles. The second-order valence-electron chi connectivity index (χ2n) is 12.3. The van der Waals surface area contributed by atoms with Crippen LogP contribution in [0.25, 0.3) is 0 Å². The summed E-state index contributed by atoms with van der Waals surface area (Å²) in [6.07, 6.45) is 13.8. The molecule has 172 valence electrons. The number of rotatable bonds is 6. The highest BCUT2D eigenvalue weighted by molar-refractivity contribution is 5.29. The van der Waals surface area contributed by atoms with Crippen LogP contribution in [0.1, 0.15) is 98.8 Å². The van der Waals surface area contributed by atoms with Gasteiger partial charge in [0, 0.05) is 0 Å². The minimum Gasteiger partial charge on any atom is -0.386 e. The van der Waals surface area contributed by atoms with Crippen molar-refractivity contribution < 1.29 is 15.3 Å². The van der Waals surface area contributed by atoms with Crippen LogP contribution in [0.2, 0.25) is 0 Å². The molecule has 4 aliphatic rings. The van der Waals surface area contributed by atoms with Crippen molar-refractivity contribution in [3.8, 4) is 0 Å². The average molecular weight is 419 g/mol. The van der Waals surface area contributed by atoms with E-state index in [0.29, 0.717) is 11.3 Å². The van der Waals surface area contributed by atoms with Gasteiger partial charge in [-0.2, -0.15) is 0 Å². The largest absolute Gasteiger partial charge is 0.386 e. The van der Waals surface area contributed by atoms with E-state index >= 15 is 0 Å². The van der Waals surface area contributed by atoms with Gasteiger partial charge in [-0.15, -0.1) is 0 Å². The second kappa shape index (κ2) is 8.52. The zero-order valence-electron chi connectivity index (χ0n) is 20.1. The summed E-state index contributed by atoms with van der Waals surface area (Å²) in [4.78, 5) is 4.62. The van der Waals surface area contributed by atoms with Crippen LogP contribution < -0.4 is 0 Å². The predicted molar refractivity (Wildman–Crippen MR) is 122 cm³/mol. The molecule has 0 aromatic carbocycles. The molecule has 0 aromatic rings. The molecule has 0 bridgehead atoms. The Balaban J connectivity index is 1.51. The van der Waals surface area contributed by atoms with Crippen LogP contribution in [-0.4, -0.2) is 22.6 Å². The van der Waals surface area contributed by atoms with E-state index in [1.165, 1.54) is 44.9 Å². The van der Waals surface area contributed by atoms with Gasteiger partial charge in [0.1, 0.15) is 12.2 Å². The van der Waals surface area contributed by atoms with Gasteiger partial charge < -0.3 is 5.11 Å². The molecule has 1 unspecified atom stereocenters. The third-order valence-corrected chi connectivity index (χ3v) is 10.5. The lowest BCUT2D eigenvalue weighted by molar-refractivity contribution is -0.301. The SMILES string of the molecule is CC(C)CCC[C@@H](C)[C@H]1CC[C@H]2[C@@H]3CC=C4C(O)[C@H](OO)CC[C@]4(C)[C@H]3CC[C@]12C. The van der Waals surface area contributed by atoms with E-state index < -0.39 is 12.2 Å². The maximum atomic E-state index is 10.8. The van der Waals surface area contributed by atoms with Crippen molar-refractivity contribution in [3.05, 3.63) is 11.6 Å². The molecule has 0 aliphatic heterocycles. The van der Waals surface area contributed by atoms with Crippen molar-refractivity contribution in [2.75, 3.05) is 0 Å². The fourth-order valence-corrected chi connectivity index (χ4v) is 8.84. The van der Waals surface area contributed by atoms with Crippen molar-refractivity contribution in [2.45, 2.75) is 111 Å². The van der Waals surface area contributed by atoms with E-state index in [4.69, 9.17) is 0 Å². The molecule has 3 saturated carbocycles. The van der Waals surface area contributed by atoms with E-state index in [-0.39, 0.29) is 5.41 Å². The van der Waals surface area contributed by atoms with Gasteiger partial charge >= 0.3 is 0 Å². The highest BCUT2D eigenvalue weighted by Crippen LogP contribution is 2.67. The van der Waals surface area contributed by atoms with E-state index in [1.54, 1.807) is 0 Å². The minimum absolute atomic E-state index is 0.0830. The first-order valence-corrected chi connectivity index (χ1v) is 12.9. The minimum atomic E-state index is -0.639. The highest BCUT2D eigenvalue weighted by Gasteiger charge is 2.60. The lowest BCUT2D eigenvalue weighted by Gasteiger charge is -2.59. The molecule has 30 heavy (non-hydrogen) atoms. The molecule has 2 N–H and O–H groups in total. The van der Waals surface area contributed by atoms with Crippen molar-refractivity contribution in [1.29, 1.82) is 0 Å². The summed E-state index contributed by atoms with van der Waals surface area (Å²) in [5.41, 5.74) is 1.75. The van der Waals surface area contributed by atoms with Gasteiger partial charge in [-0.3, -0.25) is 5.26 Å². The van der Waals surface area contributed by atoms with Gasteiger partial charge in [0.05, 0.1) is 0 Å². The highest BCUT2D eigenvalue weighted by atomic mass is 17.1. The first-order chi connectivity index (χ1) is 14.2. The molecule has 3 heteroatoms. The topological polar surface area (TPSA) is 49.7 Å². The fourth-order valence-electron chi connectivity index (χ4n) is 8.84. The van der Waals surface area contributed by atoms with Crippen LogP contribution in [0.5, 0.6) is 0 Å². The van der Waals surface area contributed by atoms with Crippen LogP contribution in [0.4, 0.5) is 0 Å². The number of aliphatic hydroxyl groups is 1. The molecule has 4 aliphatic carbocycles. The Morgan fingerprint density at radius 3 is 2.50 bits per heavy atom. The zero-order chi connectivity index (χ0) is 21.7. The summed E-state index contributed by atoms with van der Waals surface area (Å²) in [7, 11) is 0. The number of allylic oxidation sites excluding steroid dienone is 1. The Labute approximate surface area is 184 Å². The maximum Gasteiger partial charge on any atom is 0.122 e. The number of hydrogen-bond donors (Lipinski definition) is 2. The summed E-state index contributed by atoms with van der Waals surface area (Å²) < 4.78 is 0. The maximum absolute atomic E-state index is 10.8. The molecule has 0 saturated heterocycles. The van der Waals surface area contributed by atoms with Crippen LogP contribution >= 0.6 is 0 Å². The van der Waals surface area contributed by atoms with E-state index in [9.17, 15) is 10.4 Å². The predicted octanol–water partition coefficient (Wildman–Crippen LogP) is 6.86. The lowest BCUT2D eigenvalue weighted by Crippen LogP contribution is -2.54. The molecule has 0 radical (unpaired) electrons. The standard InChI is InChI=1S/C27H46O3/c1-17(2)7-6-8-18(3)20-11-12-21-19-9-10-23-25(28)24(30-29)14-16-27(23,5)22(19)13-15-26(20,21)4/h10,17-22,24-25,28-29H,6-9,11-16H2,1-5H3/t18-,19+,20-,21+,22+,24-,25?,26-,27-/m1/s1. The quantitative estimate of drug-likeness (QED) is 0.281. The molecule has 3 fully saturated rings. The molecule has 4 rings (SSSR count). The Bertz CT molecular complexity index is 642. The summed E-state index contributed by atoms with van der Waals surface area (Å²) in [5.74, 6) is 4.85. The molecule has 9 atom stereocenters. The third-order valence-electron chi connectivity index (χ3n) is 10.5. The third kappa shape index (κ3) is 3.61. The van der Waals surface area contributed by atoms with Crippen molar-refractivity contribution >= 4 is 0 Å². The number of hydrogen-bond acceptors (Lipinski definition) is 3. The van der Waals surface area contributed by atoms with Gasteiger partial charge in [0.2, 0.25) is 0 Å². The summed E-state index contributed by atoms with van der Waals surface area (Å²) in [5, 5.41) is 20.1. The van der Waals surface area contributed by atoms with Crippen molar-refractivity contribution in [2.24, 2.45) is 46.3 Å². The Kier molecular flexibility index (Phi) is 6.48. The van der Waals surface area contributed by atoms with E-state index in [2.05, 4.69) is 45.6 Å². The first-order valence-electron chi connectivity index (χ1n) is 12.9. The van der Waals surface area contributed by atoms with Gasteiger partial charge in [-0.25, -0.2) is 4.89 Å². The zero-order valence-corrected chi connectivity index (χ0v) is 20.1. The normalized spacial score (nSPS) is 46.7. The Morgan fingerprint density at radius 1 is 1.03 bits per heavy atom. The fraction of sp³-hybridized carbons (Fsp3) is 0.926. The first kappa shape index (κ1) is 22.8. The van der Waals surface area contributed by atoms with Gasteiger partial charge in [-0.05, 0) is 96.9 Å². The van der Waals surface area contributed by atoms with Crippen LogP contribution in [0, 0.1) is 46.3 Å². The molecule has 0 spiro atoms. The Morgan fingerprint density at radius 2 is 1.80 bits per heavy atom. The van der Waals surface area contributed by atoms with Gasteiger partial charge in [0.25, 0.3) is 0 Å². The number of fused-ring (bicyclic) bond motifs is 5. The summed E-state index contributed by atoms with van der Waals surface area (Å²) in [6.45, 7) is 12.3. The molecular weight excluding hydrogens is 372 g/mol. The number of aliphatic hydroxyl groups excluding tert-OH is 1. The molecule has 0 heterocycles. The van der Waals surface area contributed by atoms with Crippen LogP contribution in [-0.2, 0) is 4.89 Å². The Hall–Kier alpha value is -0.380. The summed E-state index contributed by atoms with van der Waals surface area (Å²) >= 11 is 0. The van der Waals surface area contributed by atoms with Crippen LogP contribution in [0.15, 0.2) is 11.6 Å². The lowest BCUT2D eigenvalue weighted by atomic mass is 9.46.